The fourth-order valence-corrected chi connectivity index (χ4v) is 1.55. The van der Waals surface area contributed by atoms with Crippen LogP contribution in [0.1, 0.15) is 12.0 Å². The van der Waals surface area contributed by atoms with E-state index in [1.807, 2.05) is 0 Å². The third kappa shape index (κ3) is 3.92. The van der Waals surface area contributed by atoms with E-state index in [4.69, 9.17) is 10.5 Å². The molecule has 0 fully saturated rings. The van der Waals surface area contributed by atoms with E-state index in [-0.39, 0.29) is 24.5 Å². The highest BCUT2D eigenvalue weighted by molar-refractivity contribution is 5.75. The molecule has 0 aliphatic rings. The molecular formula is C12H16N2O5. The summed E-state index contributed by atoms with van der Waals surface area (Å²) in [6.07, 6.45) is 0.220. The Morgan fingerprint density at radius 2 is 2.21 bits per heavy atom. The number of esters is 1. The predicted octanol–water partition coefficient (Wildman–Crippen LogP) is 1.17. The molecular weight excluding hydrogens is 252 g/mol. The number of aryl methyl sites for hydroxylation is 1. The fraction of sp³-hybridized carbons (Fsp3) is 0.417. The van der Waals surface area contributed by atoms with Crippen LogP contribution in [0.5, 0.6) is 5.75 Å². The molecule has 0 radical (unpaired) electrons. The minimum absolute atomic E-state index is 0.0749. The summed E-state index contributed by atoms with van der Waals surface area (Å²) >= 11 is 0. The van der Waals surface area contributed by atoms with Gasteiger partial charge in [0.2, 0.25) is 0 Å². The van der Waals surface area contributed by atoms with E-state index >= 15 is 0 Å². The lowest BCUT2D eigenvalue weighted by molar-refractivity contribution is -0.386. The molecule has 1 atom stereocenters. The molecule has 0 aliphatic carbocycles. The molecule has 0 saturated heterocycles. The largest absolute Gasteiger partial charge is 0.487 e. The summed E-state index contributed by atoms with van der Waals surface area (Å²) in [5, 5.41) is 10.9. The zero-order chi connectivity index (χ0) is 14.4. The van der Waals surface area contributed by atoms with Gasteiger partial charge in [0, 0.05) is 12.0 Å². The minimum atomic E-state index is -0.797. The first-order valence-electron chi connectivity index (χ1n) is 5.67. The molecule has 7 nitrogen and oxygen atoms in total. The molecule has 0 bridgehead atoms. The van der Waals surface area contributed by atoms with Crippen molar-refractivity contribution in [2.45, 2.75) is 19.4 Å². The van der Waals surface area contributed by atoms with E-state index in [0.29, 0.717) is 5.56 Å². The fourth-order valence-electron chi connectivity index (χ4n) is 1.55. The zero-order valence-corrected chi connectivity index (χ0v) is 10.8. The van der Waals surface area contributed by atoms with Crippen molar-refractivity contribution in [3.63, 3.8) is 0 Å². The van der Waals surface area contributed by atoms with Gasteiger partial charge in [-0.1, -0.05) is 12.1 Å². The summed E-state index contributed by atoms with van der Waals surface area (Å²) in [5.74, 6) is -0.371. The molecule has 1 aromatic carbocycles. The SMILES string of the molecule is COC(=O)C(N)CCOc1cccc(C)c1[N+](=O)[O-]. The van der Waals surface area contributed by atoms with E-state index in [1.54, 1.807) is 19.1 Å². The van der Waals surface area contributed by atoms with Crippen molar-refractivity contribution < 1.29 is 19.2 Å². The molecule has 2 N–H and O–H groups in total. The molecule has 19 heavy (non-hydrogen) atoms. The number of hydrogen-bond acceptors (Lipinski definition) is 6. The highest BCUT2D eigenvalue weighted by atomic mass is 16.6. The molecule has 0 amide bonds. The van der Waals surface area contributed by atoms with Crippen LogP contribution < -0.4 is 10.5 Å². The Morgan fingerprint density at radius 1 is 1.53 bits per heavy atom. The second-order valence-corrected chi connectivity index (χ2v) is 3.95. The van der Waals surface area contributed by atoms with Gasteiger partial charge in [-0.15, -0.1) is 0 Å². The first kappa shape index (κ1) is 14.9. The second-order valence-electron chi connectivity index (χ2n) is 3.95. The number of methoxy groups -OCH3 is 1. The standard InChI is InChI=1S/C12H16N2O5/c1-8-4-3-5-10(11(8)14(16)17)19-7-6-9(13)12(15)18-2/h3-5,9H,6-7,13H2,1-2H3. The Kier molecular flexibility index (Phi) is 5.25. The Labute approximate surface area is 110 Å². The molecule has 0 aliphatic heterocycles. The smallest absolute Gasteiger partial charge is 0.322 e. The lowest BCUT2D eigenvalue weighted by Gasteiger charge is -2.11. The summed E-state index contributed by atoms with van der Waals surface area (Å²) in [7, 11) is 1.24. The van der Waals surface area contributed by atoms with Gasteiger partial charge >= 0.3 is 11.7 Å². The lowest BCUT2D eigenvalue weighted by atomic mass is 10.2. The van der Waals surface area contributed by atoms with Crippen molar-refractivity contribution in [2.75, 3.05) is 13.7 Å². The van der Waals surface area contributed by atoms with Crippen LogP contribution in [0.15, 0.2) is 18.2 Å². The normalized spacial score (nSPS) is 11.7. The van der Waals surface area contributed by atoms with Gasteiger partial charge in [-0.2, -0.15) is 0 Å². The Morgan fingerprint density at radius 3 is 2.79 bits per heavy atom. The van der Waals surface area contributed by atoms with Crippen LogP contribution in [0.3, 0.4) is 0 Å². The van der Waals surface area contributed by atoms with Crippen molar-refractivity contribution in [2.24, 2.45) is 5.73 Å². The number of carbonyl (C=O) groups is 1. The number of carbonyl (C=O) groups excluding carboxylic acids is 1. The monoisotopic (exact) mass is 268 g/mol. The van der Waals surface area contributed by atoms with Crippen molar-refractivity contribution in [3.8, 4) is 5.75 Å². The number of nitrogens with zero attached hydrogens (tertiary/aromatic N) is 1. The molecule has 0 aromatic heterocycles. The molecule has 0 saturated carbocycles. The van der Waals surface area contributed by atoms with Gasteiger partial charge in [-0.05, 0) is 13.0 Å². The summed E-state index contributed by atoms with van der Waals surface area (Å²) < 4.78 is 9.78. The van der Waals surface area contributed by atoms with Crippen molar-refractivity contribution in [3.05, 3.63) is 33.9 Å². The maximum atomic E-state index is 11.1. The average molecular weight is 268 g/mol. The summed E-state index contributed by atoms with van der Waals surface area (Å²) in [6, 6.07) is 4.01. The molecule has 104 valence electrons. The van der Waals surface area contributed by atoms with Gasteiger partial charge in [0.25, 0.3) is 0 Å². The highest BCUT2D eigenvalue weighted by Gasteiger charge is 2.19. The molecule has 1 rings (SSSR count). The Bertz CT molecular complexity index is 475. The maximum Gasteiger partial charge on any atom is 0.322 e. The van der Waals surface area contributed by atoms with Crippen molar-refractivity contribution in [1.29, 1.82) is 0 Å². The van der Waals surface area contributed by atoms with Crippen LogP contribution in [0.25, 0.3) is 0 Å². The van der Waals surface area contributed by atoms with E-state index in [0.717, 1.165) is 0 Å². The van der Waals surface area contributed by atoms with E-state index in [2.05, 4.69) is 4.74 Å². The number of ether oxygens (including phenoxy) is 2. The minimum Gasteiger partial charge on any atom is -0.487 e. The first-order chi connectivity index (χ1) is 8.97. The molecule has 7 heteroatoms. The summed E-state index contributed by atoms with van der Waals surface area (Å²) in [4.78, 5) is 21.5. The van der Waals surface area contributed by atoms with Gasteiger partial charge in [0.15, 0.2) is 5.75 Å². The zero-order valence-electron chi connectivity index (χ0n) is 10.8. The maximum absolute atomic E-state index is 11.1. The highest BCUT2D eigenvalue weighted by Crippen LogP contribution is 2.30. The molecule has 1 unspecified atom stereocenters. The number of nitro benzene ring substituents is 1. The number of hydrogen-bond donors (Lipinski definition) is 1. The Hall–Kier alpha value is -2.15. The Balaban J connectivity index is 2.66. The summed E-state index contributed by atoms with van der Waals surface area (Å²) in [5.41, 5.74) is 5.97. The van der Waals surface area contributed by atoms with Crippen molar-refractivity contribution in [1.82, 2.24) is 0 Å². The predicted molar refractivity (Wildman–Crippen MR) is 67.9 cm³/mol. The van der Waals surface area contributed by atoms with Crippen molar-refractivity contribution >= 4 is 11.7 Å². The third-order valence-corrected chi connectivity index (χ3v) is 2.57. The van der Waals surface area contributed by atoms with Crippen LogP contribution in [-0.4, -0.2) is 30.7 Å². The quantitative estimate of drug-likeness (QED) is 0.471. The number of benzene rings is 1. The van der Waals surface area contributed by atoms with Gasteiger partial charge in [-0.3, -0.25) is 14.9 Å². The van der Waals surface area contributed by atoms with Crippen LogP contribution >= 0.6 is 0 Å². The van der Waals surface area contributed by atoms with E-state index in [1.165, 1.54) is 13.2 Å². The number of nitrogens with two attached hydrogens (primary N) is 1. The first-order valence-corrected chi connectivity index (χ1v) is 5.67. The van der Waals surface area contributed by atoms with Gasteiger partial charge in [-0.25, -0.2) is 0 Å². The van der Waals surface area contributed by atoms with Crippen LogP contribution in [-0.2, 0) is 9.53 Å². The van der Waals surface area contributed by atoms with E-state index < -0.39 is 16.9 Å². The van der Waals surface area contributed by atoms with Gasteiger partial charge in [0.05, 0.1) is 18.6 Å². The third-order valence-electron chi connectivity index (χ3n) is 2.57. The molecule has 0 heterocycles. The molecule has 1 aromatic rings. The topological polar surface area (TPSA) is 105 Å². The van der Waals surface area contributed by atoms with Gasteiger partial charge in [0.1, 0.15) is 6.04 Å². The van der Waals surface area contributed by atoms with Crippen LogP contribution in [0.4, 0.5) is 5.69 Å². The number of rotatable bonds is 6. The lowest BCUT2D eigenvalue weighted by Crippen LogP contribution is -2.33. The van der Waals surface area contributed by atoms with Crippen LogP contribution in [0.2, 0.25) is 0 Å². The second kappa shape index (κ2) is 6.69. The number of nitro groups is 1. The summed E-state index contributed by atoms with van der Waals surface area (Å²) in [6.45, 7) is 1.73. The van der Waals surface area contributed by atoms with Gasteiger partial charge < -0.3 is 15.2 Å². The average Bonchev–Trinajstić information content (AvgIpc) is 2.37. The number of para-hydroxylation sites is 1. The molecule has 0 spiro atoms. The van der Waals surface area contributed by atoms with E-state index in [9.17, 15) is 14.9 Å². The van der Waals surface area contributed by atoms with Crippen LogP contribution in [0, 0.1) is 17.0 Å².